The summed E-state index contributed by atoms with van der Waals surface area (Å²) < 4.78 is 38.3. The lowest BCUT2D eigenvalue weighted by molar-refractivity contribution is 0.0557. The van der Waals surface area contributed by atoms with Gasteiger partial charge in [0, 0.05) is 21.0 Å². The van der Waals surface area contributed by atoms with Gasteiger partial charge in [-0.15, -0.1) is 0 Å². The highest BCUT2D eigenvalue weighted by Crippen LogP contribution is 2.60. The average molecular weight is 417 g/mol. The summed E-state index contributed by atoms with van der Waals surface area (Å²) >= 11 is 4.80. The number of benzene rings is 1. The number of hydrogen-bond acceptors (Lipinski definition) is 2. The minimum Gasteiger partial charge on any atom is -0.320 e. The zero-order chi connectivity index (χ0) is 15.7. The van der Waals surface area contributed by atoms with E-state index in [-0.39, 0.29) is 11.9 Å². The van der Waals surface area contributed by atoms with E-state index in [2.05, 4.69) is 15.9 Å². The Morgan fingerprint density at radius 3 is 2.41 bits per heavy atom. The minimum atomic E-state index is -5.53. The van der Waals surface area contributed by atoms with Gasteiger partial charge in [-0.25, -0.2) is 0 Å². The van der Waals surface area contributed by atoms with E-state index in [9.17, 15) is 13.3 Å². The van der Waals surface area contributed by atoms with Crippen molar-refractivity contribution in [2.45, 2.75) is 49.8 Å². The molecule has 1 aromatic rings. The van der Waals surface area contributed by atoms with Crippen molar-refractivity contribution >= 4 is 35.3 Å². The third-order valence-electron chi connectivity index (χ3n) is 3.51. The Balaban J connectivity index is 0.00000242. The molecule has 0 unspecified atom stereocenters. The van der Waals surface area contributed by atoms with E-state index in [1.807, 2.05) is 0 Å². The number of alkyl halides is 2. The molecule has 0 heterocycles. The molecule has 1 aromatic carbocycles. The van der Waals surface area contributed by atoms with Gasteiger partial charge in [0.05, 0.1) is 0 Å². The fourth-order valence-electron chi connectivity index (χ4n) is 2.32. The Labute approximate surface area is 142 Å². The van der Waals surface area contributed by atoms with Crippen molar-refractivity contribution < 1.29 is 23.1 Å². The molecule has 1 aliphatic carbocycles. The van der Waals surface area contributed by atoms with Gasteiger partial charge in [-0.2, -0.15) is 20.5 Å². The van der Waals surface area contributed by atoms with Gasteiger partial charge < -0.3 is 9.79 Å². The van der Waals surface area contributed by atoms with Crippen LogP contribution in [0.2, 0.25) is 0 Å². The smallest absolute Gasteiger partial charge is 0.320 e. The largest absolute Gasteiger partial charge is 0.399 e. The normalized spacial score (nSPS) is 16.6. The quantitative estimate of drug-likeness (QED) is 0.623. The highest BCUT2D eigenvalue weighted by Gasteiger charge is 2.51. The monoisotopic (exact) mass is 416 g/mol. The lowest BCUT2D eigenvalue weighted by Gasteiger charge is -2.19. The predicted molar refractivity (Wildman–Crippen MR) is 90.4 cm³/mol. The van der Waals surface area contributed by atoms with Crippen molar-refractivity contribution in [2.75, 3.05) is 0 Å². The first-order chi connectivity index (χ1) is 9.72. The second kappa shape index (κ2) is 7.75. The van der Waals surface area contributed by atoms with Gasteiger partial charge in [0.25, 0.3) is 0 Å². The summed E-state index contributed by atoms with van der Waals surface area (Å²) in [5.74, 6) is 0.713. The van der Waals surface area contributed by atoms with Gasteiger partial charge in [-0.1, -0.05) is 48.3 Å². The summed E-state index contributed by atoms with van der Waals surface area (Å²) in [5.41, 5.74) is -3.99. The highest BCUT2D eigenvalue weighted by molar-refractivity contribution is 9.10. The zero-order valence-corrected chi connectivity index (χ0v) is 14.4. The predicted octanol–water partition coefficient (Wildman–Crippen LogP) is 5.49. The Morgan fingerprint density at radius 1 is 1.32 bits per heavy atom. The zero-order valence-electron chi connectivity index (χ0n) is 11.1. The fourth-order valence-corrected chi connectivity index (χ4v) is 4.93. The standard InChI is InChI=1S/C13H16BrF2O3PS.CH4/c14-12-7-9(8-21-10-3-1-2-4-10)5-6-11(12)13(15,16)20(17,18)19;/h5-7,10H,1-4,8H2,(H2,17,18,19);1H4. The van der Waals surface area contributed by atoms with Crippen LogP contribution in [0.25, 0.3) is 0 Å². The SMILES string of the molecule is C.O=P(O)(O)C(F)(F)c1ccc(CSC2CCCC2)cc1Br. The Hall–Kier alpha value is 0.0600. The van der Waals surface area contributed by atoms with Crippen LogP contribution in [0.1, 0.15) is 44.2 Å². The van der Waals surface area contributed by atoms with Gasteiger partial charge in [0.1, 0.15) is 0 Å². The van der Waals surface area contributed by atoms with Crippen molar-refractivity contribution in [3.63, 3.8) is 0 Å². The van der Waals surface area contributed by atoms with Crippen LogP contribution < -0.4 is 0 Å². The Morgan fingerprint density at radius 2 is 1.91 bits per heavy atom. The molecule has 0 atom stereocenters. The van der Waals surface area contributed by atoms with E-state index in [4.69, 9.17) is 9.79 Å². The van der Waals surface area contributed by atoms with E-state index in [0.29, 0.717) is 11.0 Å². The molecule has 8 heteroatoms. The Bertz CT molecular complexity index is 559. The first kappa shape index (κ1) is 20.1. The number of thioether (sulfide) groups is 1. The molecule has 3 nitrogen and oxygen atoms in total. The number of hydrogen-bond donors (Lipinski definition) is 2. The molecule has 0 saturated heterocycles. The molecule has 0 spiro atoms. The van der Waals surface area contributed by atoms with Crippen LogP contribution in [0.3, 0.4) is 0 Å². The van der Waals surface area contributed by atoms with E-state index in [1.165, 1.54) is 37.8 Å². The first-order valence-electron chi connectivity index (χ1n) is 6.56. The molecule has 0 aromatic heterocycles. The van der Waals surface area contributed by atoms with E-state index in [0.717, 1.165) is 11.6 Å². The van der Waals surface area contributed by atoms with Crippen LogP contribution >= 0.6 is 35.3 Å². The minimum absolute atomic E-state index is 0. The molecular weight excluding hydrogens is 397 g/mol. The molecule has 1 saturated carbocycles. The molecule has 1 aliphatic rings. The second-order valence-electron chi connectivity index (χ2n) is 5.12. The van der Waals surface area contributed by atoms with Crippen molar-refractivity contribution in [3.8, 4) is 0 Å². The molecule has 0 aliphatic heterocycles. The van der Waals surface area contributed by atoms with Crippen LogP contribution in [0.4, 0.5) is 8.78 Å². The van der Waals surface area contributed by atoms with E-state index in [1.54, 1.807) is 11.8 Å². The van der Waals surface area contributed by atoms with Crippen LogP contribution in [-0.2, 0) is 16.0 Å². The third-order valence-corrected chi connectivity index (χ3v) is 6.58. The molecule has 0 radical (unpaired) electrons. The van der Waals surface area contributed by atoms with Crippen molar-refractivity contribution in [1.29, 1.82) is 0 Å². The molecule has 126 valence electrons. The molecular formula is C14H20BrF2O3PS. The summed E-state index contributed by atoms with van der Waals surface area (Å²) in [5, 5.41) is 0.625. The van der Waals surface area contributed by atoms with E-state index >= 15 is 0 Å². The van der Waals surface area contributed by atoms with Crippen LogP contribution in [0, 0.1) is 0 Å². The van der Waals surface area contributed by atoms with Gasteiger partial charge in [0.2, 0.25) is 0 Å². The van der Waals surface area contributed by atoms with Crippen molar-refractivity contribution in [2.24, 2.45) is 0 Å². The topological polar surface area (TPSA) is 57.5 Å². The lowest BCUT2D eigenvalue weighted by atomic mass is 10.1. The third kappa shape index (κ3) is 4.54. The molecule has 2 N–H and O–H groups in total. The summed E-state index contributed by atoms with van der Waals surface area (Å²) in [4.78, 5) is 17.6. The lowest BCUT2D eigenvalue weighted by Crippen LogP contribution is -2.14. The number of halogens is 3. The van der Waals surface area contributed by atoms with Gasteiger partial charge >= 0.3 is 13.3 Å². The molecule has 0 amide bonds. The first-order valence-corrected chi connectivity index (χ1v) is 10.0. The highest BCUT2D eigenvalue weighted by atomic mass is 79.9. The summed E-state index contributed by atoms with van der Waals surface area (Å²) in [6.45, 7) is 0. The molecule has 2 rings (SSSR count). The van der Waals surface area contributed by atoms with E-state index < -0.39 is 18.8 Å². The molecule has 0 bridgehead atoms. The van der Waals surface area contributed by atoms with Crippen LogP contribution in [0.5, 0.6) is 0 Å². The maximum atomic E-state index is 13.7. The summed E-state index contributed by atoms with van der Waals surface area (Å²) in [6.07, 6.45) is 4.88. The maximum absolute atomic E-state index is 13.7. The summed E-state index contributed by atoms with van der Waals surface area (Å²) in [6, 6.07) is 4.11. The summed E-state index contributed by atoms with van der Waals surface area (Å²) in [7, 11) is -5.53. The Kier molecular flexibility index (Phi) is 7.09. The van der Waals surface area contributed by atoms with Crippen molar-refractivity contribution in [1.82, 2.24) is 0 Å². The fraction of sp³-hybridized carbons (Fsp3) is 0.571. The van der Waals surface area contributed by atoms with Crippen LogP contribution in [-0.4, -0.2) is 15.0 Å². The van der Waals surface area contributed by atoms with Gasteiger partial charge in [-0.05, 0) is 24.5 Å². The number of rotatable bonds is 5. The molecule has 1 fully saturated rings. The van der Waals surface area contributed by atoms with Crippen molar-refractivity contribution in [3.05, 3.63) is 33.8 Å². The maximum Gasteiger partial charge on any atom is 0.399 e. The van der Waals surface area contributed by atoms with Gasteiger partial charge in [0.15, 0.2) is 0 Å². The molecule has 22 heavy (non-hydrogen) atoms. The van der Waals surface area contributed by atoms with Gasteiger partial charge in [-0.3, -0.25) is 4.57 Å². The second-order valence-corrected chi connectivity index (χ2v) is 8.91. The van der Waals surface area contributed by atoms with Crippen LogP contribution in [0.15, 0.2) is 22.7 Å². The average Bonchev–Trinajstić information content (AvgIpc) is 2.87.